The van der Waals surface area contributed by atoms with Gasteiger partial charge >= 0.3 is 0 Å². The molecule has 0 atom stereocenters. The van der Waals surface area contributed by atoms with Crippen LogP contribution in [0.2, 0.25) is 0 Å². The summed E-state index contributed by atoms with van der Waals surface area (Å²) >= 11 is 0. The largest absolute Gasteiger partial charge is 0.336 e. The van der Waals surface area contributed by atoms with Crippen molar-refractivity contribution in [1.82, 2.24) is 9.21 Å². The normalized spacial score (nSPS) is 15.1. The first-order valence-corrected chi connectivity index (χ1v) is 14.0. The van der Waals surface area contributed by atoms with Crippen LogP contribution in [0.1, 0.15) is 21.5 Å². The van der Waals surface area contributed by atoms with Crippen LogP contribution in [0.4, 0.5) is 5.69 Å². The summed E-state index contributed by atoms with van der Waals surface area (Å²) in [4.78, 5) is 14.9. The number of carbonyl (C=O) groups excluding carboxylic acids is 1. The summed E-state index contributed by atoms with van der Waals surface area (Å²) in [6, 6.07) is 19.8. The Morgan fingerprint density at radius 2 is 1.43 bits per heavy atom. The molecule has 3 aromatic carbocycles. The van der Waals surface area contributed by atoms with Gasteiger partial charge in [-0.2, -0.15) is 4.31 Å². The summed E-state index contributed by atoms with van der Waals surface area (Å²) in [5.74, 6) is -0.339. The number of carbonyl (C=O) groups is 1. The molecule has 0 saturated carbocycles. The number of nitrogens with zero attached hydrogens (tertiary/aromatic N) is 2. The minimum atomic E-state index is -3.90. The number of benzene rings is 3. The summed E-state index contributed by atoms with van der Waals surface area (Å²) in [6.07, 6.45) is 0. The van der Waals surface area contributed by atoms with E-state index in [1.165, 1.54) is 10.4 Å². The van der Waals surface area contributed by atoms with Gasteiger partial charge in [0.2, 0.25) is 10.0 Å². The van der Waals surface area contributed by atoms with E-state index in [4.69, 9.17) is 0 Å². The lowest BCUT2D eigenvalue weighted by atomic mass is 10.1. The predicted molar refractivity (Wildman–Crippen MR) is 134 cm³/mol. The molecule has 0 bridgehead atoms. The fourth-order valence-corrected chi connectivity index (χ4v) is 6.66. The van der Waals surface area contributed by atoms with Gasteiger partial charge < -0.3 is 4.90 Å². The first-order chi connectivity index (χ1) is 16.6. The summed E-state index contributed by atoms with van der Waals surface area (Å²) in [5.41, 5.74) is 2.14. The molecule has 4 rings (SSSR count). The van der Waals surface area contributed by atoms with E-state index in [1.54, 1.807) is 78.6 Å². The molecule has 3 aromatic rings. The predicted octanol–water partition coefficient (Wildman–Crippen LogP) is 3.25. The Labute approximate surface area is 206 Å². The van der Waals surface area contributed by atoms with Gasteiger partial charge in [0.05, 0.1) is 9.79 Å². The summed E-state index contributed by atoms with van der Waals surface area (Å²) in [5, 5.41) is 0. The molecule has 0 spiro atoms. The maximum absolute atomic E-state index is 13.2. The Morgan fingerprint density at radius 3 is 2.06 bits per heavy atom. The summed E-state index contributed by atoms with van der Waals surface area (Å²) in [6.45, 7) is 4.30. The molecular weight excluding hydrogens is 486 g/mol. The van der Waals surface area contributed by atoms with Crippen molar-refractivity contribution in [2.45, 2.75) is 23.6 Å². The number of hydrogen-bond acceptors (Lipinski definition) is 5. The zero-order chi connectivity index (χ0) is 25.2. The Kier molecular flexibility index (Phi) is 6.98. The second-order valence-corrected chi connectivity index (χ2v) is 12.0. The van der Waals surface area contributed by atoms with E-state index in [-0.39, 0.29) is 47.4 Å². The Hall–Kier alpha value is -3.21. The molecule has 10 heteroatoms. The van der Waals surface area contributed by atoms with Gasteiger partial charge in [0.1, 0.15) is 0 Å². The third kappa shape index (κ3) is 5.39. The van der Waals surface area contributed by atoms with Crippen molar-refractivity contribution >= 4 is 31.6 Å². The Morgan fingerprint density at radius 1 is 0.800 bits per heavy atom. The molecule has 184 valence electrons. The molecule has 35 heavy (non-hydrogen) atoms. The van der Waals surface area contributed by atoms with E-state index in [0.29, 0.717) is 11.3 Å². The van der Waals surface area contributed by atoms with Crippen molar-refractivity contribution in [3.63, 3.8) is 0 Å². The zero-order valence-corrected chi connectivity index (χ0v) is 21.1. The van der Waals surface area contributed by atoms with Gasteiger partial charge in [-0.05, 0) is 55.8 Å². The van der Waals surface area contributed by atoms with Gasteiger partial charge in [-0.3, -0.25) is 9.52 Å². The van der Waals surface area contributed by atoms with Gasteiger partial charge in [-0.15, -0.1) is 0 Å². The maximum atomic E-state index is 13.2. The second-order valence-electron chi connectivity index (χ2n) is 8.46. The summed E-state index contributed by atoms with van der Waals surface area (Å²) < 4.78 is 55.7. The second kappa shape index (κ2) is 9.80. The van der Waals surface area contributed by atoms with E-state index in [0.717, 1.165) is 5.56 Å². The molecule has 1 aliphatic rings. The number of amides is 1. The fourth-order valence-electron chi connectivity index (χ4n) is 3.91. The molecule has 0 aromatic heterocycles. The van der Waals surface area contributed by atoms with E-state index in [2.05, 4.69) is 4.72 Å². The van der Waals surface area contributed by atoms with Crippen LogP contribution in [0.25, 0.3) is 0 Å². The zero-order valence-electron chi connectivity index (χ0n) is 19.5. The molecule has 1 fully saturated rings. The first kappa shape index (κ1) is 24.9. The van der Waals surface area contributed by atoms with Crippen LogP contribution in [-0.4, -0.2) is 58.1 Å². The lowest BCUT2D eigenvalue weighted by Gasteiger charge is -2.34. The average molecular weight is 514 g/mol. The highest BCUT2D eigenvalue weighted by Crippen LogP contribution is 2.23. The molecule has 1 saturated heterocycles. The molecule has 1 heterocycles. The minimum Gasteiger partial charge on any atom is -0.336 e. The quantitative estimate of drug-likeness (QED) is 0.545. The van der Waals surface area contributed by atoms with Crippen molar-refractivity contribution in [2.24, 2.45) is 0 Å². The number of aryl methyl sites for hydroxylation is 2. The van der Waals surface area contributed by atoms with Crippen LogP contribution in [-0.2, 0) is 20.0 Å². The lowest BCUT2D eigenvalue weighted by molar-refractivity contribution is 0.0697. The molecule has 1 aliphatic heterocycles. The number of sulfonamides is 2. The van der Waals surface area contributed by atoms with Crippen molar-refractivity contribution in [1.29, 1.82) is 0 Å². The smallest absolute Gasteiger partial charge is 0.262 e. The van der Waals surface area contributed by atoms with Crippen molar-refractivity contribution in [3.05, 3.63) is 89.5 Å². The highest BCUT2D eigenvalue weighted by atomic mass is 32.2. The number of piperazine rings is 1. The minimum absolute atomic E-state index is 0.0211. The van der Waals surface area contributed by atoms with Crippen LogP contribution < -0.4 is 4.72 Å². The number of rotatable bonds is 6. The van der Waals surface area contributed by atoms with Crippen molar-refractivity contribution in [3.8, 4) is 0 Å². The highest BCUT2D eigenvalue weighted by Gasteiger charge is 2.31. The average Bonchev–Trinajstić information content (AvgIpc) is 2.84. The number of hydrogen-bond donors (Lipinski definition) is 1. The SMILES string of the molecule is Cc1ccc(S(=O)(=O)N2CCN(C(=O)c3ccc(C)c(S(=O)(=O)Nc4ccccc4)c3)CC2)cc1. The van der Waals surface area contributed by atoms with Crippen molar-refractivity contribution in [2.75, 3.05) is 30.9 Å². The number of para-hydroxylation sites is 1. The van der Waals surface area contributed by atoms with Gasteiger partial charge in [0, 0.05) is 37.4 Å². The molecule has 1 amide bonds. The van der Waals surface area contributed by atoms with Crippen molar-refractivity contribution < 1.29 is 21.6 Å². The van der Waals surface area contributed by atoms with E-state index >= 15 is 0 Å². The van der Waals surface area contributed by atoms with Crippen LogP contribution in [0.15, 0.2) is 82.6 Å². The third-order valence-corrected chi connectivity index (χ3v) is 9.37. The Bertz CT molecular complexity index is 1430. The van der Waals surface area contributed by atoms with Gasteiger partial charge in [0.25, 0.3) is 15.9 Å². The van der Waals surface area contributed by atoms with E-state index < -0.39 is 20.0 Å². The number of nitrogens with one attached hydrogen (secondary N) is 1. The fraction of sp³-hybridized carbons (Fsp3) is 0.240. The van der Waals surface area contributed by atoms with E-state index in [1.807, 2.05) is 6.92 Å². The molecule has 0 unspecified atom stereocenters. The first-order valence-electron chi connectivity index (χ1n) is 11.1. The number of anilines is 1. The standard InChI is InChI=1S/C25H27N3O5S2/c1-19-8-12-23(13-9-19)35(32,33)28-16-14-27(15-17-28)25(29)21-11-10-20(2)24(18-21)34(30,31)26-22-6-4-3-5-7-22/h3-13,18,26H,14-17H2,1-2H3. The van der Waals surface area contributed by atoms with Gasteiger partial charge in [0.15, 0.2) is 0 Å². The van der Waals surface area contributed by atoms with E-state index in [9.17, 15) is 21.6 Å². The van der Waals surface area contributed by atoms with Gasteiger partial charge in [-0.1, -0.05) is 42.0 Å². The highest BCUT2D eigenvalue weighted by molar-refractivity contribution is 7.92. The van der Waals surface area contributed by atoms with Gasteiger partial charge in [-0.25, -0.2) is 16.8 Å². The lowest BCUT2D eigenvalue weighted by Crippen LogP contribution is -2.50. The molecule has 1 N–H and O–H groups in total. The monoisotopic (exact) mass is 513 g/mol. The topological polar surface area (TPSA) is 104 Å². The Balaban J connectivity index is 1.48. The van der Waals surface area contributed by atoms with Crippen LogP contribution in [0, 0.1) is 13.8 Å². The van der Waals surface area contributed by atoms with Crippen LogP contribution in [0.3, 0.4) is 0 Å². The molecule has 0 radical (unpaired) electrons. The third-order valence-electron chi connectivity index (χ3n) is 5.94. The molecule has 0 aliphatic carbocycles. The maximum Gasteiger partial charge on any atom is 0.262 e. The van der Waals surface area contributed by atoms with Crippen LogP contribution >= 0.6 is 0 Å². The van der Waals surface area contributed by atoms with Crippen LogP contribution in [0.5, 0.6) is 0 Å². The molecule has 8 nitrogen and oxygen atoms in total. The summed E-state index contributed by atoms with van der Waals surface area (Å²) in [7, 11) is -7.55. The molecular formula is C25H27N3O5S2.